The molecule has 9 rings (SSSR count). The van der Waals surface area contributed by atoms with E-state index in [4.69, 9.17) is 56.8 Å². The lowest BCUT2D eigenvalue weighted by molar-refractivity contribution is -0.131. The molecule has 0 fully saturated rings. The number of hydrogen-bond acceptors (Lipinski definition) is 24. The van der Waals surface area contributed by atoms with Crippen LogP contribution in [0, 0.1) is 0 Å². The Morgan fingerprint density at radius 1 is 0.252 bits per heavy atom. The average molecular weight is 1510 g/mol. The molecule has 0 amide bonds. The molecule has 111 heavy (non-hydrogen) atoms. The van der Waals surface area contributed by atoms with Crippen LogP contribution in [0.5, 0.6) is 69.0 Å². The standard InChI is InChI=1S/C32H32O8.C29H26O8.C26H20O8/c1-15(2)29(33)37-21-11-23-24-12-22(38-30(34)16(3)4)14-26(40-32(36)18(7)8)28(24)20(10)19(9)27(23)25(13-21)39-31(35)17(5)6;1-8-24(30)34-18-11-20-21-12-19(35-29(33)15(4)5)14-23(37-26(32)10-3)28(21)17(7)16(6)27(20)22(13-18)36-25(31)9-2;1-5-23(27)31-15-11-19-17(21(13-15)33-25(29)7-3)9-10-18-20(19)12-16(32-24(28)6-2)14-22(18)34-26(30)8-4/h11-14,19-20H,1,3,5,7H2,2,4,6,8-10H3;8-14,16-17H,1-4H2,5-7H3;5-8,11-14H,1-4,9-10H2. The Balaban J connectivity index is 0.000000232. The van der Waals surface area contributed by atoms with Gasteiger partial charge in [0.2, 0.25) is 0 Å². The van der Waals surface area contributed by atoms with Gasteiger partial charge in [0.1, 0.15) is 69.0 Å². The van der Waals surface area contributed by atoms with Crippen molar-refractivity contribution in [1.29, 1.82) is 0 Å². The first-order chi connectivity index (χ1) is 52.4. The predicted octanol–water partition coefficient (Wildman–Crippen LogP) is 15.6. The number of ether oxygens (including phenoxy) is 12. The molecule has 6 aromatic carbocycles. The first-order valence-corrected chi connectivity index (χ1v) is 33.8. The number of rotatable bonds is 24. The van der Waals surface area contributed by atoms with Gasteiger partial charge < -0.3 is 56.8 Å². The molecule has 0 bridgehead atoms. The van der Waals surface area contributed by atoms with E-state index in [2.05, 4.69) is 78.9 Å². The second-order valence-electron chi connectivity index (χ2n) is 25.3. The minimum Gasteiger partial charge on any atom is -0.423 e. The van der Waals surface area contributed by atoms with Gasteiger partial charge in [-0.3, -0.25) is 0 Å². The van der Waals surface area contributed by atoms with Crippen LogP contribution >= 0.6 is 0 Å². The van der Waals surface area contributed by atoms with E-state index in [0.29, 0.717) is 79.6 Å². The summed E-state index contributed by atoms with van der Waals surface area (Å²) in [5.41, 5.74) is 7.83. The third-order valence-electron chi connectivity index (χ3n) is 17.1. The highest BCUT2D eigenvalue weighted by Gasteiger charge is 2.39. The van der Waals surface area contributed by atoms with Crippen LogP contribution in [0.4, 0.5) is 0 Å². The molecule has 0 N–H and O–H groups in total. The van der Waals surface area contributed by atoms with E-state index in [-0.39, 0.29) is 121 Å². The van der Waals surface area contributed by atoms with E-state index >= 15 is 0 Å². The van der Waals surface area contributed by atoms with Crippen molar-refractivity contribution in [3.8, 4) is 102 Å². The van der Waals surface area contributed by atoms with Gasteiger partial charge in [0.05, 0.1) is 0 Å². The number of benzene rings is 6. The molecular weight excluding hydrogens is 1430 g/mol. The summed E-state index contributed by atoms with van der Waals surface area (Å²) in [7, 11) is 0. The SMILES string of the molecule is C=C(C)C(=O)Oc1cc(OC(=O)C(=C)C)c2c(c1)-c1cc(OC(=O)C(=C)C)cc(OC(=O)C(=C)C)c1C(C)C2C.C=CC(=O)Oc1cc(OC(=O)C=C)c2c(c1)-c1cc(OC(=O)C(=C)C)cc(OC(=O)C=C)c1C(C)C2C.C=CC(=O)Oc1cc(OC(=O)C=C)c2c(c1)-c1cc(OC(=O)C=C)cc(OC(=O)C=C)c1CC2. The summed E-state index contributed by atoms with van der Waals surface area (Å²) >= 11 is 0. The summed E-state index contributed by atoms with van der Waals surface area (Å²) in [6.07, 6.45) is 7.83. The van der Waals surface area contributed by atoms with Crippen LogP contribution in [0.1, 0.15) is 119 Å². The minimum atomic E-state index is -0.719. The van der Waals surface area contributed by atoms with Crippen LogP contribution in [0.3, 0.4) is 0 Å². The summed E-state index contributed by atoms with van der Waals surface area (Å²) in [6, 6.07) is 18.2. The van der Waals surface area contributed by atoms with Crippen molar-refractivity contribution >= 4 is 71.6 Å². The maximum atomic E-state index is 12.6. The average Bonchev–Trinajstić information content (AvgIpc) is 0.740. The molecule has 0 spiro atoms. The van der Waals surface area contributed by atoms with Crippen LogP contribution < -0.4 is 56.8 Å². The summed E-state index contributed by atoms with van der Waals surface area (Å²) in [5.74, 6) is -7.78. The fourth-order valence-corrected chi connectivity index (χ4v) is 11.6. The molecule has 570 valence electrons. The zero-order chi connectivity index (χ0) is 82.3. The predicted molar refractivity (Wildman–Crippen MR) is 410 cm³/mol. The van der Waals surface area contributed by atoms with Crippen molar-refractivity contribution in [2.75, 3.05) is 0 Å². The fraction of sp³-hybridized carbons (Fsp3) is 0.172. The lowest BCUT2D eigenvalue weighted by Gasteiger charge is -2.34. The Bertz CT molecular complexity index is 4910. The van der Waals surface area contributed by atoms with Crippen molar-refractivity contribution in [2.45, 2.75) is 98.8 Å². The van der Waals surface area contributed by atoms with Gasteiger partial charge in [0.15, 0.2) is 0 Å². The molecule has 3 aliphatic carbocycles. The van der Waals surface area contributed by atoms with Gasteiger partial charge >= 0.3 is 71.6 Å². The Labute approximate surface area is 639 Å². The van der Waals surface area contributed by atoms with Gasteiger partial charge in [0.25, 0.3) is 0 Å². The quantitative estimate of drug-likeness (QED) is 0.0309. The summed E-state index contributed by atoms with van der Waals surface area (Å²) in [6.45, 7) is 57.2. The lowest BCUT2D eigenvalue weighted by Crippen LogP contribution is -2.20. The molecule has 24 nitrogen and oxygen atoms in total. The van der Waals surface area contributed by atoms with E-state index in [9.17, 15) is 57.5 Å². The van der Waals surface area contributed by atoms with E-state index in [1.807, 2.05) is 27.7 Å². The van der Waals surface area contributed by atoms with Gasteiger partial charge in [-0.15, -0.1) is 0 Å². The molecule has 4 atom stereocenters. The van der Waals surface area contributed by atoms with Crippen molar-refractivity contribution in [3.63, 3.8) is 0 Å². The first kappa shape index (κ1) is 84.1. The van der Waals surface area contributed by atoms with E-state index in [1.54, 1.807) is 36.4 Å². The van der Waals surface area contributed by atoms with Crippen molar-refractivity contribution in [2.24, 2.45) is 0 Å². The van der Waals surface area contributed by atoms with Crippen LogP contribution in [0.15, 0.2) is 222 Å². The van der Waals surface area contributed by atoms with Gasteiger partial charge in [-0.25, -0.2) is 57.5 Å². The highest BCUT2D eigenvalue weighted by atomic mass is 16.6. The molecule has 0 heterocycles. The van der Waals surface area contributed by atoms with Crippen molar-refractivity contribution < 1.29 is 114 Å². The first-order valence-electron chi connectivity index (χ1n) is 33.8. The molecule has 0 saturated heterocycles. The third kappa shape index (κ3) is 20.1. The number of carbonyl (C=O) groups excluding carboxylic acids is 12. The second kappa shape index (κ2) is 36.4. The monoisotopic (exact) mass is 1510 g/mol. The Hall–Kier alpha value is -14.2. The van der Waals surface area contributed by atoms with Gasteiger partial charge in [-0.1, -0.05) is 107 Å². The Morgan fingerprint density at radius 3 is 0.640 bits per heavy atom. The molecular formula is C87H78O24. The molecule has 0 aliphatic heterocycles. The number of esters is 12. The lowest BCUT2D eigenvalue weighted by atomic mass is 9.72. The van der Waals surface area contributed by atoms with E-state index in [0.717, 1.165) is 42.5 Å². The number of carbonyl (C=O) groups is 12. The highest BCUT2D eigenvalue weighted by Crippen LogP contribution is 2.57. The number of fused-ring (bicyclic) bond motifs is 9. The topological polar surface area (TPSA) is 316 Å². The van der Waals surface area contributed by atoms with Crippen LogP contribution in [0.2, 0.25) is 0 Å². The smallest absolute Gasteiger partial charge is 0.338 e. The van der Waals surface area contributed by atoms with Gasteiger partial charge in [-0.2, -0.15) is 0 Å². The fourth-order valence-electron chi connectivity index (χ4n) is 11.6. The van der Waals surface area contributed by atoms with Gasteiger partial charge in [-0.05, 0) is 141 Å². The highest BCUT2D eigenvalue weighted by molar-refractivity contribution is 5.97. The molecule has 0 radical (unpaired) electrons. The normalized spacial score (nSPS) is 13.9. The Kier molecular flexibility index (Phi) is 27.6. The summed E-state index contributed by atoms with van der Waals surface area (Å²) < 4.78 is 65.5. The molecule has 0 aromatic heterocycles. The second-order valence-corrected chi connectivity index (χ2v) is 25.3. The largest absolute Gasteiger partial charge is 0.423 e. The Morgan fingerprint density at radius 2 is 0.423 bits per heavy atom. The molecule has 3 aliphatic rings. The van der Waals surface area contributed by atoms with Crippen molar-refractivity contribution in [3.05, 3.63) is 256 Å². The van der Waals surface area contributed by atoms with Crippen LogP contribution in [-0.2, 0) is 70.4 Å². The van der Waals surface area contributed by atoms with E-state index in [1.165, 1.54) is 71.0 Å². The molecule has 6 aromatic rings. The van der Waals surface area contributed by atoms with Gasteiger partial charge in [0, 0.05) is 140 Å². The molecule has 24 heteroatoms. The maximum Gasteiger partial charge on any atom is 0.338 e. The molecule has 0 saturated carbocycles. The zero-order valence-electron chi connectivity index (χ0n) is 62.5. The molecule has 4 unspecified atom stereocenters. The minimum absolute atomic E-state index is 0.0807. The maximum absolute atomic E-state index is 12.6. The van der Waals surface area contributed by atoms with E-state index < -0.39 is 71.6 Å². The zero-order valence-corrected chi connectivity index (χ0v) is 62.5. The number of hydrogen-bond donors (Lipinski definition) is 0. The third-order valence-corrected chi connectivity index (χ3v) is 17.1. The summed E-state index contributed by atoms with van der Waals surface area (Å²) in [4.78, 5) is 146. The van der Waals surface area contributed by atoms with Crippen LogP contribution in [0.25, 0.3) is 33.4 Å². The van der Waals surface area contributed by atoms with Crippen LogP contribution in [-0.4, -0.2) is 71.6 Å². The van der Waals surface area contributed by atoms with Crippen molar-refractivity contribution in [1.82, 2.24) is 0 Å². The summed E-state index contributed by atoms with van der Waals surface area (Å²) in [5, 5.41) is 0.